The van der Waals surface area contributed by atoms with Crippen LogP contribution in [0, 0.1) is 0 Å². The predicted molar refractivity (Wildman–Crippen MR) is 71.3 cm³/mol. The average molecular weight is 249 g/mol. The smallest absolute Gasteiger partial charge is 0.0951 e. The number of halogens is 1. The predicted octanol–water partition coefficient (Wildman–Crippen LogP) is 3.82. The van der Waals surface area contributed by atoms with Gasteiger partial charge >= 0.3 is 0 Å². The molecule has 0 radical (unpaired) electrons. The molecule has 0 aliphatic rings. The largest absolute Gasteiger partial charge is 0.331 e. The van der Waals surface area contributed by atoms with Crippen LogP contribution in [0.3, 0.4) is 0 Å². The van der Waals surface area contributed by atoms with Crippen LogP contribution in [0.15, 0.2) is 42.9 Å². The van der Waals surface area contributed by atoms with Crippen molar-refractivity contribution in [3.8, 4) is 0 Å². The van der Waals surface area contributed by atoms with Gasteiger partial charge in [0.25, 0.3) is 0 Å². The van der Waals surface area contributed by atoms with Gasteiger partial charge in [0.1, 0.15) is 0 Å². The van der Waals surface area contributed by atoms with Gasteiger partial charge < -0.3 is 4.57 Å². The van der Waals surface area contributed by atoms with E-state index in [1.807, 2.05) is 18.6 Å². The number of rotatable bonds is 5. The summed E-state index contributed by atoms with van der Waals surface area (Å²) in [6.07, 6.45) is 5.89. The number of nitrogens with zero attached hydrogens (tertiary/aromatic N) is 2. The molecule has 90 valence electrons. The van der Waals surface area contributed by atoms with Crippen LogP contribution >= 0.6 is 11.6 Å². The average Bonchev–Trinajstić information content (AvgIpc) is 2.85. The van der Waals surface area contributed by atoms with E-state index >= 15 is 0 Å². The van der Waals surface area contributed by atoms with E-state index in [9.17, 15) is 0 Å². The molecule has 0 saturated carbocycles. The summed E-state index contributed by atoms with van der Waals surface area (Å²) in [4.78, 5) is 4.15. The minimum absolute atomic E-state index is 0.437. The molecule has 0 aliphatic heterocycles. The molecule has 0 saturated heterocycles. The maximum atomic E-state index is 5.87. The van der Waals surface area contributed by atoms with E-state index in [4.69, 9.17) is 11.6 Å². The molecule has 17 heavy (non-hydrogen) atoms. The van der Waals surface area contributed by atoms with Crippen molar-refractivity contribution in [2.75, 3.05) is 0 Å². The summed E-state index contributed by atoms with van der Waals surface area (Å²) in [6.45, 7) is 2.21. The summed E-state index contributed by atoms with van der Waals surface area (Å²) in [7, 11) is 0. The fraction of sp³-hybridized carbons (Fsp3) is 0.357. The van der Waals surface area contributed by atoms with Gasteiger partial charge in [0.2, 0.25) is 0 Å². The summed E-state index contributed by atoms with van der Waals surface area (Å²) in [5.41, 5.74) is 2.47. The molecule has 0 fully saturated rings. The van der Waals surface area contributed by atoms with Crippen LogP contribution in [0.25, 0.3) is 0 Å². The fourth-order valence-corrected chi connectivity index (χ4v) is 2.20. The topological polar surface area (TPSA) is 17.8 Å². The van der Waals surface area contributed by atoms with Gasteiger partial charge in [0, 0.05) is 12.2 Å². The summed E-state index contributed by atoms with van der Waals surface area (Å²) in [6, 6.07) is 11.0. The van der Waals surface area contributed by atoms with E-state index in [0.29, 0.717) is 11.9 Å². The molecule has 2 nitrogen and oxygen atoms in total. The number of imidazole rings is 1. The van der Waals surface area contributed by atoms with E-state index in [2.05, 4.69) is 40.7 Å². The van der Waals surface area contributed by atoms with Crippen LogP contribution in [-0.2, 0) is 12.3 Å². The zero-order valence-electron chi connectivity index (χ0n) is 10.0. The second kappa shape index (κ2) is 5.87. The molecule has 1 heterocycles. The highest BCUT2D eigenvalue weighted by molar-refractivity contribution is 6.16. The summed E-state index contributed by atoms with van der Waals surface area (Å²) >= 11 is 5.87. The molecule has 2 aromatic rings. The lowest BCUT2D eigenvalue weighted by Crippen LogP contribution is -2.08. The van der Waals surface area contributed by atoms with Crippen LogP contribution in [-0.4, -0.2) is 9.55 Å². The number of benzene rings is 1. The number of aromatic nitrogens is 2. The van der Waals surface area contributed by atoms with Crippen molar-refractivity contribution < 1.29 is 0 Å². The lowest BCUT2D eigenvalue weighted by molar-refractivity contribution is 0.496. The van der Waals surface area contributed by atoms with Crippen molar-refractivity contribution in [3.63, 3.8) is 0 Å². The van der Waals surface area contributed by atoms with Gasteiger partial charge in [-0.15, -0.1) is 11.6 Å². The summed E-state index contributed by atoms with van der Waals surface area (Å²) < 4.78 is 2.16. The highest BCUT2D eigenvalue weighted by Gasteiger charge is 2.08. The molecule has 3 heteroatoms. The minimum atomic E-state index is 0.437. The molecule has 0 amide bonds. The van der Waals surface area contributed by atoms with Crippen LogP contribution < -0.4 is 0 Å². The molecule has 0 aliphatic carbocycles. The highest BCUT2D eigenvalue weighted by Crippen LogP contribution is 2.17. The van der Waals surface area contributed by atoms with E-state index < -0.39 is 0 Å². The van der Waals surface area contributed by atoms with Gasteiger partial charge in [0.15, 0.2) is 0 Å². The third kappa shape index (κ3) is 3.10. The lowest BCUT2D eigenvalue weighted by atomic mass is 10.1. The molecular formula is C14H17ClN2. The zero-order valence-corrected chi connectivity index (χ0v) is 10.8. The number of hydrogen-bond donors (Lipinski definition) is 0. The summed E-state index contributed by atoms with van der Waals surface area (Å²) in [5.74, 6) is 0.523. The Balaban J connectivity index is 1.96. The normalized spacial score (nSPS) is 12.6. The Kier molecular flexibility index (Phi) is 4.21. The van der Waals surface area contributed by atoms with Gasteiger partial charge in [-0.1, -0.05) is 30.3 Å². The first-order valence-electron chi connectivity index (χ1n) is 5.92. The van der Waals surface area contributed by atoms with E-state index in [-0.39, 0.29) is 0 Å². The maximum absolute atomic E-state index is 5.87. The van der Waals surface area contributed by atoms with Gasteiger partial charge in [-0.05, 0) is 25.3 Å². The second-order valence-electron chi connectivity index (χ2n) is 4.30. The van der Waals surface area contributed by atoms with E-state index in [1.54, 1.807) is 0 Å². The second-order valence-corrected chi connectivity index (χ2v) is 4.57. The first-order valence-corrected chi connectivity index (χ1v) is 6.45. The molecule has 0 bridgehead atoms. The van der Waals surface area contributed by atoms with Crippen molar-refractivity contribution >= 4 is 11.6 Å². The Morgan fingerprint density at radius 1 is 1.29 bits per heavy atom. The van der Waals surface area contributed by atoms with Gasteiger partial charge in [-0.2, -0.15) is 0 Å². The van der Waals surface area contributed by atoms with Crippen LogP contribution in [0.5, 0.6) is 0 Å². The third-order valence-corrected chi connectivity index (χ3v) is 3.33. The maximum Gasteiger partial charge on any atom is 0.0951 e. The lowest BCUT2D eigenvalue weighted by Gasteiger charge is -2.15. The van der Waals surface area contributed by atoms with Gasteiger partial charge in [0.05, 0.1) is 17.9 Å². The van der Waals surface area contributed by atoms with Crippen molar-refractivity contribution in [3.05, 3.63) is 54.1 Å². The zero-order chi connectivity index (χ0) is 12.1. The molecule has 2 rings (SSSR count). The fourth-order valence-electron chi connectivity index (χ4n) is 1.99. The third-order valence-electron chi connectivity index (χ3n) is 3.05. The number of alkyl halides is 1. The van der Waals surface area contributed by atoms with E-state index in [0.717, 1.165) is 18.5 Å². The first kappa shape index (κ1) is 12.2. The Morgan fingerprint density at radius 2 is 2.06 bits per heavy atom. The van der Waals surface area contributed by atoms with Crippen molar-refractivity contribution in [2.24, 2.45) is 0 Å². The first-order chi connectivity index (χ1) is 8.31. The Labute approximate surface area is 107 Å². The van der Waals surface area contributed by atoms with Crippen molar-refractivity contribution in [1.82, 2.24) is 9.55 Å². The van der Waals surface area contributed by atoms with Crippen molar-refractivity contribution in [1.29, 1.82) is 0 Å². The Bertz CT molecular complexity index is 450. The van der Waals surface area contributed by atoms with Crippen LogP contribution in [0.2, 0.25) is 0 Å². The molecule has 1 atom stereocenters. The SMILES string of the molecule is CC(CCc1ccccc1)n1cncc1CCl. The van der Waals surface area contributed by atoms with Crippen molar-refractivity contribution in [2.45, 2.75) is 31.7 Å². The Morgan fingerprint density at radius 3 is 2.76 bits per heavy atom. The van der Waals surface area contributed by atoms with Gasteiger partial charge in [-0.3, -0.25) is 0 Å². The molecule has 0 spiro atoms. The quantitative estimate of drug-likeness (QED) is 0.736. The van der Waals surface area contributed by atoms with Crippen LogP contribution in [0.4, 0.5) is 0 Å². The summed E-state index contributed by atoms with van der Waals surface area (Å²) in [5, 5.41) is 0. The molecule has 1 unspecified atom stereocenters. The molecular weight excluding hydrogens is 232 g/mol. The number of hydrogen-bond acceptors (Lipinski definition) is 1. The van der Waals surface area contributed by atoms with E-state index in [1.165, 1.54) is 5.56 Å². The number of aryl methyl sites for hydroxylation is 1. The van der Waals surface area contributed by atoms with Crippen LogP contribution in [0.1, 0.15) is 30.6 Å². The standard InChI is InChI=1S/C14H17ClN2/c1-12(17-11-16-10-14(17)9-15)7-8-13-5-3-2-4-6-13/h2-6,10-12H,7-9H2,1H3. The highest BCUT2D eigenvalue weighted by atomic mass is 35.5. The molecule has 1 aromatic heterocycles. The monoisotopic (exact) mass is 248 g/mol. The Hall–Kier alpha value is -1.28. The van der Waals surface area contributed by atoms with Gasteiger partial charge in [-0.25, -0.2) is 4.98 Å². The molecule has 0 N–H and O–H groups in total. The minimum Gasteiger partial charge on any atom is -0.331 e. The molecule has 1 aromatic carbocycles.